The van der Waals surface area contributed by atoms with Crippen LogP contribution >= 0.6 is 200 Å². The predicted molar refractivity (Wildman–Crippen MR) is 228 cm³/mol. The van der Waals surface area contributed by atoms with E-state index < -0.39 is 0 Å². The van der Waals surface area contributed by atoms with Gasteiger partial charge in [-0.15, -0.1) is 58.4 Å². The number of rotatable bonds is 6. The second-order valence-electron chi connectivity index (χ2n) is 7.66. The van der Waals surface area contributed by atoms with Crippen molar-refractivity contribution in [1.82, 2.24) is 0 Å². The summed E-state index contributed by atoms with van der Waals surface area (Å²) in [5.74, 6) is 0. The van der Waals surface area contributed by atoms with E-state index in [-0.39, 0.29) is 0 Å². The fourth-order valence-corrected chi connectivity index (χ4v) is 27.8. The Hall–Kier alpha value is 3.22. The van der Waals surface area contributed by atoms with Crippen molar-refractivity contribution in [3.8, 4) is 0 Å². The van der Waals surface area contributed by atoms with Crippen LogP contribution in [0.4, 0.5) is 0 Å². The summed E-state index contributed by atoms with van der Waals surface area (Å²) in [7, 11) is 0. The lowest BCUT2D eigenvalue weighted by Gasteiger charge is -2.05. The summed E-state index contributed by atoms with van der Waals surface area (Å²) in [6.07, 6.45) is 13.5. The topological polar surface area (TPSA) is 0 Å². The molecule has 6 aliphatic heterocycles. The molecule has 0 aliphatic carbocycles. The maximum atomic E-state index is 2.38. The Morgan fingerprint density at radius 2 is 0.659 bits per heavy atom. The van der Waals surface area contributed by atoms with E-state index in [0.29, 0.717) is 0 Å². The van der Waals surface area contributed by atoms with Gasteiger partial charge in [-0.3, -0.25) is 0 Å². The molecule has 214 valence electrons. The van der Waals surface area contributed by atoms with E-state index in [1.54, 1.807) is 0 Å². The van der Waals surface area contributed by atoms with Gasteiger partial charge in [0.15, 0.2) is 0 Å². The summed E-state index contributed by atoms with van der Waals surface area (Å²) in [5, 5.41) is 0. The first-order valence-electron chi connectivity index (χ1n) is 11.3. The van der Waals surface area contributed by atoms with E-state index in [1.165, 1.54) is 69.1 Å². The SMILES string of the molecule is CSC1=C(SC)SC(=C2SC3=C(SC(=Cc4ccc(C=C5SC6=C(S5)SC(=C5SC(SC)=C(SC)S5)S6)s4)S3)S2)S1. The van der Waals surface area contributed by atoms with Crippen molar-refractivity contribution < 1.29 is 0 Å². The van der Waals surface area contributed by atoms with Crippen LogP contribution in [0.2, 0.25) is 0 Å². The van der Waals surface area contributed by atoms with Crippen LogP contribution in [0.25, 0.3) is 12.2 Å². The molecule has 41 heavy (non-hydrogen) atoms. The van der Waals surface area contributed by atoms with Crippen molar-refractivity contribution in [1.29, 1.82) is 0 Å². The Labute approximate surface area is 313 Å². The maximum absolute atomic E-state index is 2.38. The molecule has 0 saturated heterocycles. The molecular weight excluding hydrogens is 833 g/mol. The highest BCUT2D eigenvalue weighted by Crippen LogP contribution is 2.72. The third-order valence-corrected chi connectivity index (χ3v) is 28.6. The monoisotopic (exact) mass is 848 g/mol. The molecule has 0 radical (unpaired) electrons. The normalized spacial score (nSPS) is 22.6. The summed E-state index contributed by atoms with van der Waals surface area (Å²) in [6.45, 7) is 0. The van der Waals surface area contributed by atoms with Gasteiger partial charge >= 0.3 is 0 Å². The van der Waals surface area contributed by atoms with Crippen LogP contribution in [-0.4, -0.2) is 25.0 Å². The molecule has 0 aromatic carbocycles. The second-order valence-corrected chi connectivity index (χ2v) is 28.1. The van der Waals surface area contributed by atoms with Gasteiger partial charge in [0.1, 0.15) is 0 Å². The molecule has 0 unspecified atom stereocenters. The van der Waals surface area contributed by atoms with Gasteiger partial charge in [0, 0.05) is 9.75 Å². The summed E-state index contributed by atoms with van der Waals surface area (Å²) in [6, 6.07) is 4.55. The van der Waals surface area contributed by atoms with Crippen molar-refractivity contribution in [2.45, 2.75) is 0 Å². The minimum atomic E-state index is 1.34. The summed E-state index contributed by atoms with van der Waals surface area (Å²) in [5.41, 5.74) is 0. The third kappa shape index (κ3) is 7.31. The lowest BCUT2D eigenvalue weighted by molar-refractivity contribution is 1.92. The van der Waals surface area contributed by atoms with Crippen molar-refractivity contribution in [3.63, 3.8) is 0 Å². The second kappa shape index (κ2) is 14.8. The molecule has 7 heterocycles. The Kier molecular flexibility index (Phi) is 11.8. The molecule has 0 spiro atoms. The fourth-order valence-electron chi connectivity index (χ4n) is 3.45. The largest absolute Gasteiger partial charge is 0.136 e. The zero-order valence-electron chi connectivity index (χ0n) is 21.2. The predicted octanol–water partition coefficient (Wildman–Crippen LogP) is 15.4. The average Bonchev–Trinajstić information content (AvgIpc) is 3.79. The summed E-state index contributed by atoms with van der Waals surface area (Å²) in [4.78, 5) is 2.67. The van der Waals surface area contributed by atoms with Crippen LogP contribution < -0.4 is 0 Å². The van der Waals surface area contributed by atoms with Crippen molar-refractivity contribution in [2.24, 2.45) is 0 Å². The van der Waals surface area contributed by atoms with Gasteiger partial charge < -0.3 is 0 Å². The van der Waals surface area contributed by atoms with Crippen molar-refractivity contribution in [2.75, 3.05) is 25.0 Å². The first-order chi connectivity index (χ1) is 20.0. The molecule has 1 aromatic rings. The van der Waals surface area contributed by atoms with Gasteiger partial charge in [0.25, 0.3) is 0 Å². The molecule has 17 heteroatoms. The van der Waals surface area contributed by atoms with Crippen molar-refractivity contribution >= 4 is 212 Å². The van der Waals surface area contributed by atoms with E-state index in [0.717, 1.165) is 0 Å². The van der Waals surface area contributed by atoms with Crippen LogP contribution in [0.3, 0.4) is 0 Å². The quantitative estimate of drug-likeness (QED) is 0.266. The lowest BCUT2D eigenvalue weighted by Crippen LogP contribution is -1.70. The van der Waals surface area contributed by atoms with E-state index in [1.807, 2.05) is 200 Å². The zero-order chi connectivity index (χ0) is 28.1. The maximum Gasteiger partial charge on any atom is 0.0718 e. The highest BCUT2D eigenvalue weighted by Gasteiger charge is 2.36. The van der Waals surface area contributed by atoms with Gasteiger partial charge in [0.05, 0.1) is 59.3 Å². The van der Waals surface area contributed by atoms with Gasteiger partial charge in [-0.1, -0.05) is 141 Å². The first-order valence-corrected chi connectivity index (χ1v) is 26.8. The Morgan fingerprint density at radius 3 is 0.951 bits per heavy atom. The van der Waals surface area contributed by atoms with E-state index in [2.05, 4.69) is 49.3 Å². The van der Waals surface area contributed by atoms with Crippen LogP contribution in [-0.2, 0) is 0 Å². The third-order valence-electron chi connectivity index (χ3n) is 5.17. The Balaban J connectivity index is 0.939. The molecule has 0 saturated carbocycles. The molecule has 0 N–H and O–H groups in total. The number of hydrogen-bond acceptors (Lipinski definition) is 17. The summed E-state index contributed by atoms with van der Waals surface area (Å²) < 4.78 is 20.3. The Morgan fingerprint density at radius 1 is 0.390 bits per heavy atom. The van der Waals surface area contributed by atoms with E-state index in [9.17, 15) is 0 Å². The molecule has 0 nitrogen and oxygen atoms in total. The van der Waals surface area contributed by atoms with Crippen LogP contribution in [0.15, 0.2) is 71.5 Å². The van der Waals surface area contributed by atoms with E-state index in [4.69, 9.17) is 0 Å². The average molecular weight is 850 g/mol. The molecule has 0 atom stereocenters. The number of thioether (sulfide) groups is 16. The van der Waals surface area contributed by atoms with Gasteiger partial charge in [0.2, 0.25) is 0 Å². The molecule has 0 amide bonds. The lowest BCUT2D eigenvalue weighted by atomic mass is 10.4. The molecule has 1 aromatic heterocycles. The van der Waals surface area contributed by atoms with Gasteiger partial charge in [-0.05, 0) is 49.3 Å². The van der Waals surface area contributed by atoms with E-state index >= 15 is 0 Å². The zero-order valence-corrected chi connectivity index (χ0v) is 35.1. The van der Waals surface area contributed by atoms with Crippen molar-refractivity contribution in [3.05, 3.63) is 81.2 Å². The Bertz CT molecular complexity index is 1380. The first kappa shape index (κ1) is 32.8. The molecular formula is C24H16S17. The molecule has 0 fully saturated rings. The van der Waals surface area contributed by atoms with Crippen LogP contribution in [0.1, 0.15) is 9.75 Å². The van der Waals surface area contributed by atoms with Crippen LogP contribution in [0.5, 0.6) is 0 Å². The van der Waals surface area contributed by atoms with Gasteiger partial charge in [-0.2, -0.15) is 0 Å². The molecule has 7 rings (SSSR count). The van der Waals surface area contributed by atoms with Crippen LogP contribution in [0, 0.1) is 0 Å². The highest BCUT2D eigenvalue weighted by atomic mass is 32.3. The molecule has 0 bridgehead atoms. The minimum absolute atomic E-state index is 1.34. The fraction of sp³-hybridized carbons (Fsp3) is 0.167. The highest BCUT2D eigenvalue weighted by molar-refractivity contribution is 8.51. The minimum Gasteiger partial charge on any atom is -0.136 e. The molecule has 6 aliphatic rings. The number of hydrogen-bond donors (Lipinski definition) is 0. The number of thiophene rings is 1. The van der Waals surface area contributed by atoms with Gasteiger partial charge in [-0.25, -0.2) is 0 Å². The smallest absolute Gasteiger partial charge is 0.0718 e. The summed E-state index contributed by atoms with van der Waals surface area (Å²) >= 11 is 32.9. The standard InChI is InChI=1S/C24H16S17/c1-25-13-14(26-2)35-21(34-13)23-38-17-18(39-23)31-11(30-17)7-9-5-6-10(29-9)8-12-32-19-20(33-12)41-24(40-19)22-36-15(27-3)16(28-4)37-22/h5-8H,1-4H3.